The van der Waals surface area contributed by atoms with Crippen LogP contribution in [0.15, 0.2) is 18.3 Å². The van der Waals surface area contributed by atoms with Crippen LogP contribution in [0.25, 0.3) is 0 Å². The molecule has 1 aliphatic heterocycles. The Morgan fingerprint density at radius 3 is 3.10 bits per heavy atom. The summed E-state index contributed by atoms with van der Waals surface area (Å²) in [4.78, 5) is 16.0. The van der Waals surface area contributed by atoms with E-state index in [1.807, 2.05) is 12.1 Å². The normalized spacial score (nSPS) is 18.6. The Kier molecular flexibility index (Phi) is 5.80. The smallest absolute Gasteiger partial charge is 0.226 e. The molecule has 1 aliphatic rings. The molecule has 1 aromatic rings. The van der Waals surface area contributed by atoms with Crippen molar-refractivity contribution in [2.75, 3.05) is 26.7 Å². The quantitative estimate of drug-likeness (QED) is 0.818. The van der Waals surface area contributed by atoms with Gasteiger partial charge < -0.3 is 15.4 Å². The van der Waals surface area contributed by atoms with Gasteiger partial charge in [0.05, 0.1) is 19.7 Å². The number of ether oxygens (including phenoxy) is 1. The number of aromatic nitrogens is 1. The molecule has 1 amide bonds. The van der Waals surface area contributed by atoms with E-state index in [1.165, 1.54) is 12.8 Å². The molecule has 0 spiro atoms. The second-order valence-corrected chi connectivity index (χ2v) is 5.22. The number of rotatable bonds is 6. The van der Waals surface area contributed by atoms with Crippen molar-refractivity contribution in [1.82, 2.24) is 15.6 Å². The first kappa shape index (κ1) is 14.8. The Hall–Kier alpha value is -1.62. The maximum absolute atomic E-state index is 11.8. The minimum absolute atomic E-state index is 0.0337. The van der Waals surface area contributed by atoms with Crippen LogP contribution in [0, 0.1) is 5.92 Å². The van der Waals surface area contributed by atoms with E-state index in [0.717, 1.165) is 31.7 Å². The Morgan fingerprint density at radius 1 is 1.55 bits per heavy atom. The summed E-state index contributed by atoms with van der Waals surface area (Å²) in [5.74, 6) is 1.44. The molecule has 2 rings (SSSR count). The molecule has 1 atom stereocenters. The molecule has 1 saturated heterocycles. The van der Waals surface area contributed by atoms with Gasteiger partial charge in [0, 0.05) is 12.2 Å². The number of nitrogens with one attached hydrogen (secondary N) is 2. The predicted octanol–water partition coefficient (Wildman–Crippen LogP) is 1.14. The van der Waals surface area contributed by atoms with Crippen LogP contribution in [0.3, 0.4) is 0 Å². The van der Waals surface area contributed by atoms with E-state index in [0.29, 0.717) is 18.1 Å². The molecule has 0 radical (unpaired) electrons. The lowest BCUT2D eigenvalue weighted by Gasteiger charge is -2.22. The van der Waals surface area contributed by atoms with Crippen LogP contribution in [0.1, 0.15) is 25.0 Å². The lowest BCUT2D eigenvalue weighted by molar-refractivity contribution is -0.120. The van der Waals surface area contributed by atoms with Gasteiger partial charge in [0.2, 0.25) is 5.91 Å². The SMILES string of the molecule is COc1ccc(CC(=O)NCCC2CCCNC2)nc1. The molecule has 0 aromatic carbocycles. The molecule has 2 heterocycles. The van der Waals surface area contributed by atoms with Crippen LogP contribution in [-0.2, 0) is 11.2 Å². The fraction of sp³-hybridized carbons (Fsp3) is 0.600. The van der Waals surface area contributed by atoms with Crippen molar-refractivity contribution in [3.05, 3.63) is 24.0 Å². The van der Waals surface area contributed by atoms with Crippen molar-refractivity contribution in [3.63, 3.8) is 0 Å². The largest absolute Gasteiger partial charge is 0.495 e. The standard InChI is InChI=1S/C15H23N3O2/c1-20-14-5-4-13(18-11-14)9-15(19)17-8-6-12-3-2-7-16-10-12/h4-5,11-12,16H,2-3,6-10H2,1H3,(H,17,19). The van der Waals surface area contributed by atoms with E-state index in [4.69, 9.17) is 4.74 Å². The Bertz CT molecular complexity index is 414. The van der Waals surface area contributed by atoms with E-state index < -0.39 is 0 Å². The van der Waals surface area contributed by atoms with Crippen LogP contribution in [0.5, 0.6) is 5.75 Å². The van der Waals surface area contributed by atoms with Gasteiger partial charge in [0.25, 0.3) is 0 Å². The number of carbonyl (C=O) groups excluding carboxylic acids is 1. The van der Waals surface area contributed by atoms with Crippen LogP contribution < -0.4 is 15.4 Å². The molecular weight excluding hydrogens is 254 g/mol. The predicted molar refractivity (Wildman–Crippen MR) is 77.7 cm³/mol. The molecular formula is C15H23N3O2. The summed E-state index contributed by atoms with van der Waals surface area (Å²) < 4.78 is 5.04. The second-order valence-electron chi connectivity index (χ2n) is 5.22. The van der Waals surface area contributed by atoms with Crippen molar-refractivity contribution in [2.45, 2.75) is 25.7 Å². The molecule has 0 saturated carbocycles. The second kappa shape index (κ2) is 7.85. The lowest BCUT2D eigenvalue weighted by Crippen LogP contribution is -2.33. The van der Waals surface area contributed by atoms with E-state index in [2.05, 4.69) is 15.6 Å². The van der Waals surface area contributed by atoms with E-state index >= 15 is 0 Å². The number of hydrogen-bond donors (Lipinski definition) is 2. The highest BCUT2D eigenvalue weighted by Crippen LogP contribution is 2.13. The molecule has 0 bridgehead atoms. The van der Waals surface area contributed by atoms with Gasteiger partial charge in [-0.05, 0) is 50.4 Å². The maximum Gasteiger partial charge on any atom is 0.226 e. The average molecular weight is 277 g/mol. The van der Waals surface area contributed by atoms with Crippen LogP contribution in [-0.4, -0.2) is 37.6 Å². The average Bonchev–Trinajstić information content (AvgIpc) is 2.49. The van der Waals surface area contributed by atoms with E-state index in [-0.39, 0.29) is 5.91 Å². The molecule has 0 aliphatic carbocycles. The summed E-state index contributed by atoms with van der Waals surface area (Å²) in [7, 11) is 1.60. The summed E-state index contributed by atoms with van der Waals surface area (Å²) in [6.45, 7) is 2.96. The topological polar surface area (TPSA) is 63.2 Å². The molecule has 20 heavy (non-hydrogen) atoms. The Balaban J connectivity index is 1.66. The molecule has 5 nitrogen and oxygen atoms in total. The third-order valence-corrected chi connectivity index (χ3v) is 3.65. The van der Waals surface area contributed by atoms with Crippen LogP contribution in [0.2, 0.25) is 0 Å². The van der Waals surface area contributed by atoms with Crippen LogP contribution in [0.4, 0.5) is 0 Å². The zero-order valence-electron chi connectivity index (χ0n) is 12.0. The molecule has 1 unspecified atom stereocenters. The number of hydrogen-bond acceptors (Lipinski definition) is 4. The Morgan fingerprint density at radius 2 is 2.45 bits per heavy atom. The van der Waals surface area contributed by atoms with Gasteiger partial charge in [-0.3, -0.25) is 9.78 Å². The lowest BCUT2D eigenvalue weighted by atomic mass is 9.96. The summed E-state index contributed by atoms with van der Waals surface area (Å²) in [6, 6.07) is 3.65. The van der Waals surface area contributed by atoms with Crippen molar-refractivity contribution >= 4 is 5.91 Å². The zero-order chi connectivity index (χ0) is 14.2. The third kappa shape index (κ3) is 4.81. The Labute approximate surface area is 120 Å². The number of methoxy groups -OCH3 is 1. The first-order valence-electron chi connectivity index (χ1n) is 7.24. The van der Waals surface area contributed by atoms with Gasteiger partial charge in [-0.2, -0.15) is 0 Å². The fourth-order valence-corrected chi connectivity index (χ4v) is 2.45. The van der Waals surface area contributed by atoms with Crippen molar-refractivity contribution < 1.29 is 9.53 Å². The van der Waals surface area contributed by atoms with Gasteiger partial charge in [-0.1, -0.05) is 0 Å². The molecule has 5 heteroatoms. The zero-order valence-corrected chi connectivity index (χ0v) is 12.0. The van der Waals surface area contributed by atoms with Gasteiger partial charge >= 0.3 is 0 Å². The minimum atomic E-state index is 0.0337. The van der Waals surface area contributed by atoms with E-state index in [1.54, 1.807) is 13.3 Å². The summed E-state index contributed by atoms with van der Waals surface area (Å²) >= 11 is 0. The molecule has 1 fully saturated rings. The van der Waals surface area contributed by atoms with Crippen molar-refractivity contribution in [2.24, 2.45) is 5.92 Å². The highest BCUT2D eigenvalue weighted by Gasteiger charge is 2.13. The highest BCUT2D eigenvalue weighted by molar-refractivity contribution is 5.78. The van der Waals surface area contributed by atoms with Gasteiger partial charge in [0.1, 0.15) is 5.75 Å². The van der Waals surface area contributed by atoms with Gasteiger partial charge in [-0.15, -0.1) is 0 Å². The van der Waals surface area contributed by atoms with Gasteiger partial charge in [0.15, 0.2) is 0 Å². The highest BCUT2D eigenvalue weighted by atomic mass is 16.5. The minimum Gasteiger partial charge on any atom is -0.495 e. The number of piperidine rings is 1. The first-order chi connectivity index (χ1) is 9.78. The number of carbonyl (C=O) groups is 1. The monoisotopic (exact) mass is 277 g/mol. The van der Waals surface area contributed by atoms with Crippen molar-refractivity contribution in [1.29, 1.82) is 0 Å². The molecule has 110 valence electrons. The number of amides is 1. The third-order valence-electron chi connectivity index (χ3n) is 3.65. The maximum atomic E-state index is 11.8. The van der Waals surface area contributed by atoms with E-state index in [9.17, 15) is 4.79 Å². The van der Waals surface area contributed by atoms with Gasteiger partial charge in [-0.25, -0.2) is 0 Å². The number of pyridine rings is 1. The molecule has 1 aromatic heterocycles. The van der Waals surface area contributed by atoms with Crippen LogP contribution >= 0.6 is 0 Å². The summed E-state index contributed by atoms with van der Waals surface area (Å²) in [5.41, 5.74) is 0.766. The summed E-state index contributed by atoms with van der Waals surface area (Å²) in [5, 5.41) is 6.36. The number of nitrogens with zero attached hydrogens (tertiary/aromatic N) is 1. The first-order valence-corrected chi connectivity index (χ1v) is 7.24. The molecule has 2 N–H and O–H groups in total. The fourth-order valence-electron chi connectivity index (χ4n) is 2.45. The van der Waals surface area contributed by atoms with Crippen molar-refractivity contribution in [3.8, 4) is 5.75 Å². The summed E-state index contributed by atoms with van der Waals surface area (Å²) in [6.07, 6.45) is 5.52.